The Morgan fingerprint density at radius 3 is 2.88 bits per heavy atom. The van der Waals surface area contributed by atoms with E-state index in [0.29, 0.717) is 22.3 Å². The fourth-order valence-electron chi connectivity index (χ4n) is 2.18. The molecule has 2 aromatic heterocycles. The second kappa shape index (κ2) is 7.18. The summed E-state index contributed by atoms with van der Waals surface area (Å²) in [5, 5.41) is 11.3. The molecule has 0 spiro atoms. The smallest absolute Gasteiger partial charge is 0.267 e. The molecule has 9 heteroatoms. The highest BCUT2D eigenvalue weighted by Crippen LogP contribution is 2.27. The Morgan fingerprint density at radius 1 is 1.32 bits per heavy atom. The van der Waals surface area contributed by atoms with Crippen molar-refractivity contribution in [2.45, 2.75) is 6.54 Å². The lowest BCUT2D eigenvalue weighted by atomic mass is 10.3. The van der Waals surface area contributed by atoms with E-state index < -0.39 is 11.5 Å². The first-order valence-electron chi connectivity index (χ1n) is 7.28. The maximum atomic E-state index is 12.3. The number of amides is 1. The van der Waals surface area contributed by atoms with E-state index in [1.807, 2.05) is 0 Å². The minimum atomic E-state index is -0.437. The van der Waals surface area contributed by atoms with Crippen LogP contribution in [-0.2, 0) is 11.3 Å². The molecule has 0 unspecified atom stereocenters. The third-order valence-electron chi connectivity index (χ3n) is 3.32. The third kappa shape index (κ3) is 3.86. The van der Waals surface area contributed by atoms with Gasteiger partial charge in [0.05, 0.1) is 12.8 Å². The van der Waals surface area contributed by atoms with Gasteiger partial charge in [-0.1, -0.05) is 11.6 Å². The van der Waals surface area contributed by atoms with Crippen LogP contribution in [0.25, 0.3) is 5.82 Å². The molecule has 128 valence electrons. The van der Waals surface area contributed by atoms with E-state index >= 15 is 0 Å². The molecule has 0 aliphatic heterocycles. The Hall–Kier alpha value is -3.13. The number of ether oxygens (including phenoxy) is 1. The van der Waals surface area contributed by atoms with Crippen molar-refractivity contribution in [3.8, 4) is 11.6 Å². The minimum absolute atomic E-state index is 0.260. The van der Waals surface area contributed by atoms with Crippen LogP contribution in [0.1, 0.15) is 0 Å². The number of benzene rings is 1. The first-order chi connectivity index (χ1) is 12.1. The molecular weight excluding hydrogens is 346 g/mol. The molecule has 0 fully saturated rings. The third-order valence-corrected chi connectivity index (χ3v) is 3.56. The molecule has 0 atom stereocenters. The molecule has 0 aliphatic rings. The van der Waals surface area contributed by atoms with Crippen LogP contribution in [0.15, 0.2) is 53.6 Å². The largest absolute Gasteiger partial charge is 0.495 e. The molecule has 1 N–H and O–H groups in total. The van der Waals surface area contributed by atoms with Gasteiger partial charge in [-0.15, -0.1) is 5.10 Å². The molecule has 1 amide bonds. The lowest BCUT2D eigenvalue weighted by Crippen LogP contribution is -2.30. The molecule has 0 saturated carbocycles. The van der Waals surface area contributed by atoms with Gasteiger partial charge in [-0.25, -0.2) is 9.36 Å². The predicted molar refractivity (Wildman–Crippen MR) is 92.3 cm³/mol. The summed E-state index contributed by atoms with van der Waals surface area (Å²) in [7, 11) is 1.48. The second-order valence-corrected chi connectivity index (χ2v) is 5.47. The van der Waals surface area contributed by atoms with Crippen molar-refractivity contribution in [1.82, 2.24) is 19.6 Å². The van der Waals surface area contributed by atoms with E-state index in [4.69, 9.17) is 16.3 Å². The van der Waals surface area contributed by atoms with Crippen molar-refractivity contribution < 1.29 is 9.53 Å². The molecular formula is C16H14ClN5O3. The van der Waals surface area contributed by atoms with Crippen LogP contribution in [-0.4, -0.2) is 32.6 Å². The number of carbonyl (C=O) groups is 1. The van der Waals surface area contributed by atoms with E-state index in [9.17, 15) is 9.59 Å². The van der Waals surface area contributed by atoms with Crippen molar-refractivity contribution >= 4 is 23.2 Å². The first-order valence-corrected chi connectivity index (χ1v) is 7.66. The van der Waals surface area contributed by atoms with Crippen LogP contribution in [0.3, 0.4) is 0 Å². The summed E-state index contributed by atoms with van der Waals surface area (Å²) in [5.74, 6) is 0.453. The monoisotopic (exact) mass is 359 g/mol. The molecule has 25 heavy (non-hydrogen) atoms. The number of rotatable bonds is 5. The number of hydrogen-bond acceptors (Lipinski definition) is 5. The fraction of sp³-hybridized carbons (Fsp3) is 0.125. The zero-order valence-corrected chi connectivity index (χ0v) is 14.0. The van der Waals surface area contributed by atoms with Crippen LogP contribution in [0.2, 0.25) is 5.02 Å². The van der Waals surface area contributed by atoms with Gasteiger partial charge < -0.3 is 10.1 Å². The van der Waals surface area contributed by atoms with E-state index in [0.717, 1.165) is 4.68 Å². The van der Waals surface area contributed by atoms with Crippen molar-refractivity contribution in [2.75, 3.05) is 12.4 Å². The van der Waals surface area contributed by atoms with Crippen molar-refractivity contribution in [3.05, 3.63) is 64.2 Å². The van der Waals surface area contributed by atoms with Gasteiger partial charge in [0.2, 0.25) is 5.91 Å². The maximum Gasteiger partial charge on any atom is 0.267 e. The lowest BCUT2D eigenvalue weighted by molar-refractivity contribution is -0.117. The second-order valence-electron chi connectivity index (χ2n) is 5.03. The first kappa shape index (κ1) is 16.7. The number of anilines is 1. The molecule has 8 nitrogen and oxygen atoms in total. The van der Waals surface area contributed by atoms with Crippen molar-refractivity contribution in [2.24, 2.45) is 0 Å². The highest BCUT2D eigenvalue weighted by Gasteiger charge is 2.11. The SMILES string of the molecule is COc1ccc(Cl)cc1NC(=O)Cn1nc(-n2cccn2)ccc1=O. The summed E-state index contributed by atoms with van der Waals surface area (Å²) < 4.78 is 7.73. The van der Waals surface area contributed by atoms with Gasteiger partial charge in [-0.2, -0.15) is 5.10 Å². The fourth-order valence-corrected chi connectivity index (χ4v) is 2.35. The van der Waals surface area contributed by atoms with Gasteiger partial charge in [-0.3, -0.25) is 9.59 Å². The number of carbonyl (C=O) groups excluding carboxylic acids is 1. The number of halogens is 1. The molecule has 3 rings (SSSR count). The summed E-state index contributed by atoms with van der Waals surface area (Å²) >= 11 is 5.94. The molecule has 0 aliphatic carbocycles. The maximum absolute atomic E-state index is 12.3. The van der Waals surface area contributed by atoms with Crippen LogP contribution >= 0.6 is 11.6 Å². The van der Waals surface area contributed by atoms with Gasteiger partial charge in [0.15, 0.2) is 5.82 Å². The topological polar surface area (TPSA) is 91.0 Å². The van der Waals surface area contributed by atoms with E-state index in [1.54, 1.807) is 36.7 Å². The van der Waals surface area contributed by atoms with Crippen molar-refractivity contribution in [1.29, 1.82) is 0 Å². The molecule has 0 bridgehead atoms. The Bertz CT molecular complexity index is 953. The molecule has 3 aromatic rings. The summed E-state index contributed by atoms with van der Waals surface area (Å²) in [6.07, 6.45) is 3.28. The highest BCUT2D eigenvalue weighted by atomic mass is 35.5. The molecule has 1 aromatic carbocycles. The summed E-state index contributed by atoms with van der Waals surface area (Å²) in [6, 6.07) is 9.45. The predicted octanol–water partition coefficient (Wildman–Crippen LogP) is 1.73. The Morgan fingerprint density at radius 2 is 2.16 bits per heavy atom. The zero-order chi connectivity index (χ0) is 17.8. The normalized spacial score (nSPS) is 10.5. The Kier molecular flexibility index (Phi) is 4.80. The van der Waals surface area contributed by atoms with E-state index in [2.05, 4.69) is 15.5 Å². The number of aromatic nitrogens is 4. The quantitative estimate of drug-likeness (QED) is 0.749. The average molecular weight is 360 g/mol. The van der Waals surface area contributed by atoms with E-state index in [-0.39, 0.29) is 6.54 Å². The molecule has 0 radical (unpaired) electrons. The standard InChI is InChI=1S/C16H14ClN5O3/c1-25-13-4-3-11(17)9-12(13)19-15(23)10-22-16(24)6-5-14(20-22)21-8-2-7-18-21/h2-9H,10H2,1H3,(H,19,23). The van der Waals surface area contributed by atoms with Gasteiger partial charge in [0.25, 0.3) is 5.56 Å². The summed E-state index contributed by atoms with van der Waals surface area (Å²) in [4.78, 5) is 24.2. The number of nitrogens with zero attached hydrogens (tertiary/aromatic N) is 4. The van der Waals surface area contributed by atoms with Gasteiger partial charge in [-0.05, 0) is 30.3 Å². The average Bonchev–Trinajstić information content (AvgIpc) is 3.11. The van der Waals surface area contributed by atoms with Gasteiger partial charge >= 0.3 is 0 Å². The van der Waals surface area contributed by atoms with Crippen LogP contribution < -0.4 is 15.6 Å². The molecule has 2 heterocycles. The Balaban J connectivity index is 1.81. The summed E-state index contributed by atoms with van der Waals surface area (Å²) in [6.45, 7) is -0.260. The van der Waals surface area contributed by atoms with Crippen LogP contribution in [0, 0.1) is 0 Å². The zero-order valence-electron chi connectivity index (χ0n) is 13.2. The number of hydrogen-bond donors (Lipinski definition) is 1. The lowest BCUT2D eigenvalue weighted by Gasteiger charge is -2.11. The minimum Gasteiger partial charge on any atom is -0.495 e. The number of nitrogens with one attached hydrogen (secondary N) is 1. The highest BCUT2D eigenvalue weighted by molar-refractivity contribution is 6.31. The summed E-state index contributed by atoms with van der Waals surface area (Å²) in [5.41, 5.74) is 0.0143. The van der Waals surface area contributed by atoms with Gasteiger partial charge in [0, 0.05) is 23.5 Å². The Labute approximate surface area is 147 Å². The van der Waals surface area contributed by atoms with Crippen LogP contribution in [0.5, 0.6) is 5.75 Å². The van der Waals surface area contributed by atoms with Crippen molar-refractivity contribution in [3.63, 3.8) is 0 Å². The van der Waals surface area contributed by atoms with E-state index in [1.165, 1.54) is 23.9 Å². The van der Waals surface area contributed by atoms with Crippen LogP contribution in [0.4, 0.5) is 5.69 Å². The number of methoxy groups -OCH3 is 1. The molecule has 0 saturated heterocycles. The van der Waals surface area contributed by atoms with Gasteiger partial charge in [0.1, 0.15) is 12.3 Å².